The molecule has 0 spiro atoms. The van der Waals surface area contributed by atoms with Crippen molar-refractivity contribution in [2.24, 2.45) is 14.1 Å². The molecular weight excluding hydrogens is 300 g/mol. The molecule has 0 aliphatic carbocycles. The largest absolute Gasteiger partial charge is 0.250 e. The van der Waals surface area contributed by atoms with E-state index in [1.54, 1.807) is 0 Å². The normalized spacial score (nSPS) is 10.9. The van der Waals surface area contributed by atoms with Gasteiger partial charge in [0.2, 0.25) is 24.3 Å². The van der Waals surface area contributed by atoms with Crippen molar-refractivity contribution in [1.82, 2.24) is 19.1 Å². The van der Waals surface area contributed by atoms with Gasteiger partial charge in [0.05, 0.1) is 20.2 Å². The van der Waals surface area contributed by atoms with Crippen molar-refractivity contribution in [3.63, 3.8) is 0 Å². The van der Waals surface area contributed by atoms with Crippen LogP contribution in [-0.4, -0.2) is 19.1 Å². The molecule has 0 bridgehead atoms. The Bertz CT molecular complexity index is 925. The maximum absolute atomic E-state index is 4.74. The van der Waals surface area contributed by atoms with Gasteiger partial charge in [0.25, 0.3) is 0 Å². The third kappa shape index (κ3) is 2.69. The van der Waals surface area contributed by atoms with Crippen LogP contribution >= 0.6 is 0 Å². The number of aromatic nitrogens is 6. The predicted octanol–water partition coefficient (Wildman–Crippen LogP) is 1.37. The van der Waals surface area contributed by atoms with E-state index >= 15 is 0 Å². The molecule has 0 N–H and O–H groups in total. The predicted molar refractivity (Wildman–Crippen MR) is 88.5 cm³/mol. The summed E-state index contributed by atoms with van der Waals surface area (Å²) in [5, 5.41) is 0. The van der Waals surface area contributed by atoms with Gasteiger partial charge >= 0.3 is 0 Å². The summed E-state index contributed by atoms with van der Waals surface area (Å²) in [6.07, 6.45) is 11.9. The average molecular weight is 318 g/mol. The van der Waals surface area contributed by atoms with Gasteiger partial charge in [0, 0.05) is 5.56 Å². The summed E-state index contributed by atoms with van der Waals surface area (Å²) in [7, 11) is 3.98. The highest BCUT2D eigenvalue weighted by Crippen LogP contribution is 2.18. The molecule has 0 unspecified atom stereocenters. The van der Waals surface area contributed by atoms with Gasteiger partial charge < -0.3 is 0 Å². The Kier molecular flexibility index (Phi) is 3.42. The van der Waals surface area contributed by atoms with Gasteiger partial charge in [0.15, 0.2) is 5.82 Å². The molecule has 4 rings (SSSR count). The number of hydrogen-bond donors (Lipinski definition) is 0. The first-order valence-electron chi connectivity index (χ1n) is 7.71. The van der Waals surface area contributed by atoms with Crippen LogP contribution < -0.4 is 9.13 Å². The number of imidazole rings is 2. The van der Waals surface area contributed by atoms with Gasteiger partial charge in [-0.3, -0.25) is 0 Å². The van der Waals surface area contributed by atoms with Crippen molar-refractivity contribution in [1.29, 1.82) is 0 Å². The van der Waals surface area contributed by atoms with Crippen molar-refractivity contribution in [2.45, 2.75) is 0 Å². The lowest BCUT2D eigenvalue weighted by Crippen LogP contribution is -2.24. The van der Waals surface area contributed by atoms with E-state index in [2.05, 4.69) is 0 Å². The fraction of sp³-hybridized carbons (Fsp3) is 0.111. The Morgan fingerprint density at radius 3 is 1.79 bits per heavy atom. The number of rotatable bonds is 3. The minimum atomic E-state index is 0.704. The number of nitrogens with zero attached hydrogens (tertiary/aromatic N) is 6. The minimum absolute atomic E-state index is 0.704. The van der Waals surface area contributed by atoms with Crippen molar-refractivity contribution in [3.05, 3.63) is 73.8 Å². The van der Waals surface area contributed by atoms with Gasteiger partial charge in [-0.1, -0.05) is 30.3 Å². The van der Waals surface area contributed by atoms with Crippen LogP contribution in [0.25, 0.3) is 23.0 Å². The summed E-state index contributed by atoms with van der Waals surface area (Å²) >= 11 is 0. The van der Waals surface area contributed by atoms with Gasteiger partial charge in [-0.05, 0) is 0 Å². The van der Waals surface area contributed by atoms with E-state index in [1.165, 1.54) is 0 Å². The minimum Gasteiger partial charge on any atom is -0.239 e. The standard InChI is InChI=1S/C18H18N6/c1-21-8-10-23(13-21)16-12-17(24-11-9-22(2)14-24)20-18(19-16)15-6-4-3-5-7-15/h3-14H,1-2H3/q+2. The van der Waals surface area contributed by atoms with Crippen LogP contribution in [0.1, 0.15) is 0 Å². The molecular formula is C18H18N6+2. The summed E-state index contributed by atoms with van der Waals surface area (Å²) in [6, 6.07) is 12.0. The number of aryl methyl sites for hydroxylation is 2. The van der Waals surface area contributed by atoms with E-state index < -0.39 is 0 Å². The zero-order chi connectivity index (χ0) is 16.5. The zero-order valence-electron chi connectivity index (χ0n) is 13.6. The second-order valence-electron chi connectivity index (χ2n) is 5.75. The molecule has 0 saturated carbocycles. The first-order valence-corrected chi connectivity index (χ1v) is 7.71. The van der Waals surface area contributed by atoms with Gasteiger partial charge in [-0.25, -0.2) is 9.13 Å². The molecule has 0 atom stereocenters. The molecule has 3 aromatic heterocycles. The van der Waals surface area contributed by atoms with Crippen LogP contribution in [0.5, 0.6) is 0 Å². The first kappa shape index (κ1) is 14.3. The molecule has 0 aliphatic heterocycles. The average Bonchev–Trinajstić information content (AvgIpc) is 3.24. The van der Waals surface area contributed by atoms with Crippen LogP contribution in [0.15, 0.2) is 73.8 Å². The highest BCUT2D eigenvalue weighted by molar-refractivity contribution is 5.57. The Balaban J connectivity index is 1.91. The molecule has 3 heterocycles. The van der Waals surface area contributed by atoms with Crippen LogP contribution in [-0.2, 0) is 14.1 Å². The summed E-state index contributed by atoms with van der Waals surface area (Å²) < 4.78 is 7.95. The molecule has 1 aromatic carbocycles. The summed E-state index contributed by atoms with van der Waals surface area (Å²) in [5.74, 6) is 2.36. The Hall–Kier alpha value is -3.28. The maximum Gasteiger partial charge on any atom is 0.250 e. The molecule has 4 aromatic rings. The summed E-state index contributed by atoms with van der Waals surface area (Å²) in [5.41, 5.74) is 0.994. The third-order valence-electron chi connectivity index (χ3n) is 3.80. The quantitative estimate of drug-likeness (QED) is 0.536. The monoisotopic (exact) mass is 318 g/mol. The fourth-order valence-electron chi connectivity index (χ4n) is 2.57. The van der Waals surface area contributed by atoms with E-state index in [-0.39, 0.29) is 0 Å². The van der Waals surface area contributed by atoms with Crippen molar-refractivity contribution in [2.75, 3.05) is 0 Å². The zero-order valence-corrected chi connectivity index (χ0v) is 13.6. The van der Waals surface area contributed by atoms with Crippen LogP contribution in [0.2, 0.25) is 0 Å². The topological polar surface area (TPSA) is 43.4 Å². The lowest BCUT2D eigenvalue weighted by Gasteiger charge is -2.04. The molecule has 6 nitrogen and oxygen atoms in total. The highest BCUT2D eigenvalue weighted by atomic mass is 15.2. The molecule has 24 heavy (non-hydrogen) atoms. The Morgan fingerprint density at radius 1 is 0.792 bits per heavy atom. The van der Waals surface area contributed by atoms with Gasteiger partial charge in [-0.15, -0.1) is 0 Å². The van der Waals surface area contributed by atoms with Crippen molar-refractivity contribution in [3.8, 4) is 23.0 Å². The molecule has 6 heteroatoms. The van der Waals surface area contributed by atoms with Crippen LogP contribution in [0, 0.1) is 0 Å². The first-order chi connectivity index (χ1) is 11.7. The second kappa shape index (κ2) is 5.73. The van der Waals surface area contributed by atoms with E-state index in [4.69, 9.17) is 9.97 Å². The van der Waals surface area contributed by atoms with E-state index in [0.29, 0.717) is 5.82 Å². The van der Waals surface area contributed by atoms with Gasteiger partial charge in [-0.2, -0.15) is 19.1 Å². The SMILES string of the molecule is C[n+]1ccn(-c2cc(-n3cc[n+](C)c3)nc(-c3ccccc3)n2)c1. The smallest absolute Gasteiger partial charge is 0.239 e. The van der Waals surface area contributed by atoms with Crippen LogP contribution in [0.3, 0.4) is 0 Å². The number of hydrogen-bond acceptors (Lipinski definition) is 2. The van der Waals surface area contributed by atoms with Crippen molar-refractivity contribution < 1.29 is 9.13 Å². The molecule has 0 aliphatic rings. The van der Waals surface area contributed by atoms with E-state index in [1.807, 2.05) is 106 Å². The molecule has 0 fully saturated rings. The van der Waals surface area contributed by atoms with E-state index in [9.17, 15) is 0 Å². The van der Waals surface area contributed by atoms with E-state index in [0.717, 1.165) is 17.2 Å². The summed E-state index contributed by atoms with van der Waals surface area (Å²) in [4.78, 5) is 9.48. The molecule has 0 amide bonds. The third-order valence-corrected chi connectivity index (χ3v) is 3.80. The molecule has 0 saturated heterocycles. The van der Waals surface area contributed by atoms with Crippen molar-refractivity contribution >= 4 is 0 Å². The van der Waals surface area contributed by atoms with Crippen LogP contribution in [0.4, 0.5) is 0 Å². The molecule has 118 valence electrons. The second-order valence-corrected chi connectivity index (χ2v) is 5.75. The van der Waals surface area contributed by atoms with Gasteiger partial charge in [0.1, 0.15) is 24.8 Å². The Morgan fingerprint density at radius 2 is 1.33 bits per heavy atom. The lowest BCUT2D eigenvalue weighted by atomic mass is 10.2. The lowest BCUT2D eigenvalue weighted by molar-refractivity contribution is -0.670. The summed E-state index contributed by atoms with van der Waals surface area (Å²) in [6.45, 7) is 0. The highest BCUT2D eigenvalue weighted by Gasteiger charge is 2.16. The Labute approximate surface area is 139 Å². The fourth-order valence-corrected chi connectivity index (χ4v) is 2.57. The maximum atomic E-state index is 4.74. The number of benzene rings is 1. The molecule has 0 radical (unpaired) electrons.